The molecule has 1 amide bonds. The molecule has 4 heteroatoms. The van der Waals surface area contributed by atoms with Gasteiger partial charge in [-0.25, -0.2) is 4.79 Å². The maximum atomic E-state index is 10.9. The van der Waals surface area contributed by atoms with E-state index in [0.717, 1.165) is 19.6 Å². The maximum Gasteiger partial charge on any atom is 0.407 e. The number of ether oxygens (including phenoxy) is 1. The summed E-state index contributed by atoms with van der Waals surface area (Å²) < 4.78 is 4.76. The number of hydrogen-bond acceptors (Lipinski definition) is 3. The number of alkyl carbamates (subject to hydrolysis) is 1. The Labute approximate surface area is 79.0 Å². The molecule has 4 nitrogen and oxygen atoms in total. The first-order valence-electron chi connectivity index (χ1n) is 4.94. The zero-order valence-electron chi connectivity index (χ0n) is 8.14. The molecule has 76 valence electrons. The van der Waals surface area contributed by atoms with E-state index in [1.807, 2.05) is 6.92 Å². The molecular formula is C9H18N2O2. The Balaban J connectivity index is 2.06. The van der Waals surface area contributed by atoms with Crippen LogP contribution in [-0.4, -0.2) is 32.3 Å². The minimum absolute atomic E-state index is 0.298. The van der Waals surface area contributed by atoms with E-state index in [-0.39, 0.29) is 6.09 Å². The van der Waals surface area contributed by atoms with Gasteiger partial charge >= 0.3 is 6.09 Å². The van der Waals surface area contributed by atoms with E-state index in [0.29, 0.717) is 12.5 Å². The van der Waals surface area contributed by atoms with Crippen LogP contribution in [0.5, 0.6) is 0 Å². The minimum Gasteiger partial charge on any atom is -0.450 e. The molecule has 0 aromatic rings. The van der Waals surface area contributed by atoms with Crippen LogP contribution in [0.3, 0.4) is 0 Å². The lowest BCUT2D eigenvalue weighted by Crippen LogP contribution is -2.38. The summed E-state index contributed by atoms with van der Waals surface area (Å²) in [5.74, 6) is 0.568. The van der Waals surface area contributed by atoms with Crippen LogP contribution < -0.4 is 10.6 Å². The van der Waals surface area contributed by atoms with E-state index >= 15 is 0 Å². The standard InChI is InChI=1S/C9H18N2O2/c1-2-13-9(12)11-7-8-4-3-5-10-6-8/h8,10H,2-7H2,1H3,(H,11,12). The number of hydrogen-bond donors (Lipinski definition) is 2. The van der Waals surface area contributed by atoms with Gasteiger partial charge in [0.05, 0.1) is 6.61 Å². The topological polar surface area (TPSA) is 50.4 Å². The van der Waals surface area contributed by atoms with Gasteiger partial charge in [0.25, 0.3) is 0 Å². The minimum atomic E-state index is -0.298. The molecule has 0 aliphatic carbocycles. The van der Waals surface area contributed by atoms with Crippen LogP contribution >= 0.6 is 0 Å². The zero-order chi connectivity index (χ0) is 9.52. The first-order valence-corrected chi connectivity index (χ1v) is 4.94. The summed E-state index contributed by atoms with van der Waals surface area (Å²) in [5, 5.41) is 6.05. The van der Waals surface area contributed by atoms with Gasteiger partial charge in [0.2, 0.25) is 0 Å². The van der Waals surface area contributed by atoms with Gasteiger partial charge in [0.1, 0.15) is 0 Å². The summed E-state index contributed by atoms with van der Waals surface area (Å²) >= 11 is 0. The molecule has 1 atom stereocenters. The number of carbonyl (C=O) groups is 1. The van der Waals surface area contributed by atoms with Crippen LogP contribution in [0.4, 0.5) is 4.79 Å². The van der Waals surface area contributed by atoms with Crippen molar-refractivity contribution >= 4 is 6.09 Å². The highest BCUT2D eigenvalue weighted by atomic mass is 16.5. The molecule has 1 fully saturated rings. The highest BCUT2D eigenvalue weighted by molar-refractivity contribution is 5.66. The Morgan fingerprint density at radius 3 is 3.15 bits per heavy atom. The molecule has 0 aromatic carbocycles. The Morgan fingerprint density at radius 1 is 1.69 bits per heavy atom. The van der Waals surface area contributed by atoms with E-state index in [1.54, 1.807) is 0 Å². The van der Waals surface area contributed by atoms with Gasteiger partial charge in [-0.05, 0) is 38.8 Å². The van der Waals surface area contributed by atoms with Crippen LogP contribution in [-0.2, 0) is 4.74 Å². The van der Waals surface area contributed by atoms with Crippen molar-refractivity contribution < 1.29 is 9.53 Å². The lowest BCUT2D eigenvalue weighted by molar-refractivity contribution is 0.149. The normalized spacial score (nSPS) is 22.4. The lowest BCUT2D eigenvalue weighted by Gasteiger charge is -2.22. The summed E-state index contributed by atoms with van der Waals surface area (Å²) in [6.07, 6.45) is 2.10. The summed E-state index contributed by atoms with van der Waals surface area (Å²) in [5.41, 5.74) is 0. The van der Waals surface area contributed by atoms with E-state index in [1.165, 1.54) is 12.8 Å². The van der Waals surface area contributed by atoms with Crippen LogP contribution in [0.2, 0.25) is 0 Å². The molecule has 1 aliphatic rings. The molecule has 1 unspecified atom stereocenters. The third kappa shape index (κ3) is 4.12. The Morgan fingerprint density at radius 2 is 2.54 bits per heavy atom. The van der Waals surface area contributed by atoms with E-state index in [9.17, 15) is 4.79 Å². The predicted molar refractivity (Wildman–Crippen MR) is 50.6 cm³/mol. The number of amides is 1. The first kappa shape index (κ1) is 10.3. The first-order chi connectivity index (χ1) is 6.33. The molecule has 0 spiro atoms. The third-order valence-corrected chi connectivity index (χ3v) is 2.21. The Kier molecular flexibility index (Phi) is 4.60. The second-order valence-electron chi connectivity index (χ2n) is 3.31. The number of nitrogens with one attached hydrogen (secondary N) is 2. The van der Waals surface area contributed by atoms with Crippen molar-refractivity contribution in [1.82, 2.24) is 10.6 Å². The van der Waals surface area contributed by atoms with E-state index < -0.39 is 0 Å². The van der Waals surface area contributed by atoms with Crippen LogP contribution in [0, 0.1) is 5.92 Å². The third-order valence-electron chi connectivity index (χ3n) is 2.21. The van der Waals surface area contributed by atoms with E-state index in [2.05, 4.69) is 10.6 Å². The van der Waals surface area contributed by atoms with Crippen molar-refractivity contribution in [3.8, 4) is 0 Å². The second-order valence-corrected chi connectivity index (χ2v) is 3.31. The second kappa shape index (κ2) is 5.80. The van der Waals surface area contributed by atoms with Crippen LogP contribution in [0.1, 0.15) is 19.8 Å². The van der Waals surface area contributed by atoms with Gasteiger partial charge < -0.3 is 15.4 Å². The summed E-state index contributed by atoms with van der Waals surface area (Å²) in [6.45, 7) is 5.09. The van der Waals surface area contributed by atoms with Crippen molar-refractivity contribution in [2.45, 2.75) is 19.8 Å². The average molecular weight is 186 g/mol. The molecule has 1 rings (SSSR count). The molecule has 1 saturated heterocycles. The van der Waals surface area contributed by atoms with Crippen molar-refractivity contribution in [3.63, 3.8) is 0 Å². The predicted octanol–water partition coefficient (Wildman–Crippen LogP) is 0.732. The largest absolute Gasteiger partial charge is 0.450 e. The molecule has 0 saturated carbocycles. The number of carbonyl (C=O) groups excluding carboxylic acids is 1. The Bertz CT molecular complexity index is 156. The highest BCUT2D eigenvalue weighted by Crippen LogP contribution is 2.07. The zero-order valence-corrected chi connectivity index (χ0v) is 8.14. The molecule has 13 heavy (non-hydrogen) atoms. The van der Waals surface area contributed by atoms with Gasteiger partial charge in [0, 0.05) is 6.54 Å². The maximum absolute atomic E-state index is 10.9. The van der Waals surface area contributed by atoms with Gasteiger partial charge in [-0.2, -0.15) is 0 Å². The Hall–Kier alpha value is -0.770. The number of rotatable bonds is 3. The molecular weight excluding hydrogens is 168 g/mol. The fourth-order valence-corrected chi connectivity index (χ4v) is 1.51. The molecule has 0 radical (unpaired) electrons. The molecule has 1 aliphatic heterocycles. The summed E-state index contributed by atoms with van der Waals surface area (Å²) in [6, 6.07) is 0. The summed E-state index contributed by atoms with van der Waals surface area (Å²) in [4.78, 5) is 10.9. The fraction of sp³-hybridized carbons (Fsp3) is 0.889. The van der Waals surface area contributed by atoms with Gasteiger partial charge in [0.15, 0.2) is 0 Å². The van der Waals surface area contributed by atoms with Gasteiger partial charge in [-0.3, -0.25) is 0 Å². The van der Waals surface area contributed by atoms with Crippen LogP contribution in [0.15, 0.2) is 0 Å². The van der Waals surface area contributed by atoms with Crippen molar-refractivity contribution in [2.24, 2.45) is 5.92 Å². The molecule has 0 aromatic heterocycles. The average Bonchev–Trinajstić information content (AvgIpc) is 2.17. The van der Waals surface area contributed by atoms with Crippen molar-refractivity contribution in [1.29, 1.82) is 0 Å². The number of piperidine rings is 1. The van der Waals surface area contributed by atoms with Gasteiger partial charge in [-0.1, -0.05) is 0 Å². The monoisotopic (exact) mass is 186 g/mol. The lowest BCUT2D eigenvalue weighted by atomic mass is 10.00. The molecule has 0 bridgehead atoms. The summed E-state index contributed by atoms with van der Waals surface area (Å²) in [7, 11) is 0. The van der Waals surface area contributed by atoms with E-state index in [4.69, 9.17) is 4.74 Å². The highest BCUT2D eigenvalue weighted by Gasteiger charge is 2.13. The van der Waals surface area contributed by atoms with Gasteiger partial charge in [-0.15, -0.1) is 0 Å². The van der Waals surface area contributed by atoms with Crippen molar-refractivity contribution in [2.75, 3.05) is 26.2 Å². The molecule has 2 N–H and O–H groups in total. The van der Waals surface area contributed by atoms with Crippen LogP contribution in [0.25, 0.3) is 0 Å². The fourth-order valence-electron chi connectivity index (χ4n) is 1.51. The smallest absolute Gasteiger partial charge is 0.407 e. The quantitative estimate of drug-likeness (QED) is 0.683. The SMILES string of the molecule is CCOC(=O)NCC1CCCNC1. The van der Waals surface area contributed by atoms with Crippen molar-refractivity contribution in [3.05, 3.63) is 0 Å². The molecule has 1 heterocycles.